The molecule has 1 aromatic carbocycles. The molecule has 4 aromatic rings. The highest BCUT2D eigenvalue weighted by Crippen LogP contribution is 2.30. The first-order chi connectivity index (χ1) is 11.2. The molecule has 0 fully saturated rings. The Morgan fingerprint density at radius 1 is 1.04 bits per heavy atom. The van der Waals surface area contributed by atoms with E-state index >= 15 is 0 Å². The quantitative estimate of drug-likeness (QED) is 0.565. The van der Waals surface area contributed by atoms with Gasteiger partial charge < -0.3 is 4.52 Å². The van der Waals surface area contributed by atoms with Crippen LogP contribution >= 0.6 is 11.3 Å². The average molecular weight is 322 g/mol. The Morgan fingerprint density at radius 3 is 2.61 bits per heavy atom. The molecule has 23 heavy (non-hydrogen) atoms. The number of aryl methyl sites for hydroxylation is 1. The van der Waals surface area contributed by atoms with Gasteiger partial charge in [-0.2, -0.15) is 10.1 Å². The van der Waals surface area contributed by atoms with Crippen LogP contribution in [0.25, 0.3) is 27.8 Å². The van der Waals surface area contributed by atoms with Crippen molar-refractivity contribution in [3.05, 3.63) is 59.2 Å². The molecule has 5 nitrogen and oxygen atoms in total. The van der Waals surface area contributed by atoms with Crippen molar-refractivity contribution in [2.24, 2.45) is 0 Å². The number of aromatic nitrogens is 4. The molecular weight excluding hydrogens is 308 g/mol. The zero-order chi connectivity index (χ0) is 15.8. The molecule has 0 radical (unpaired) electrons. The van der Waals surface area contributed by atoms with Crippen LogP contribution in [-0.4, -0.2) is 19.9 Å². The van der Waals surface area contributed by atoms with Crippen LogP contribution < -0.4 is 0 Å². The lowest BCUT2D eigenvalue weighted by atomic mass is 10.2. The van der Waals surface area contributed by atoms with Crippen LogP contribution in [-0.2, 0) is 0 Å². The summed E-state index contributed by atoms with van der Waals surface area (Å²) in [4.78, 5) is 5.52. The smallest absolute Gasteiger partial charge is 0.262 e. The van der Waals surface area contributed by atoms with Crippen LogP contribution in [0.3, 0.4) is 0 Å². The molecule has 0 bridgehead atoms. The van der Waals surface area contributed by atoms with E-state index in [1.54, 1.807) is 11.3 Å². The van der Waals surface area contributed by atoms with Gasteiger partial charge in [0, 0.05) is 0 Å². The first-order valence-corrected chi connectivity index (χ1v) is 8.11. The summed E-state index contributed by atoms with van der Waals surface area (Å²) in [6.07, 6.45) is 0. The van der Waals surface area contributed by atoms with Crippen LogP contribution in [0.5, 0.6) is 0 Å². The van der Waals surface area contributed by atoms with Crippen LogP contribution in [0.1, 0.15) is 11.4 Å². The van der Waals surface area contributed by atoms with Gasteiger partial charge in [-0.25, -0.2) is 4.68 Å². The average Bonchev–Trinajstić information content (AvgIpc) is 3.28. The second-order valence-electron chi connectivity index (χ2n) is 5.19. The Kier molecular flexibility index (Phi) is 3.31. The molecule has 0 amide bonds. The van der Waals surface area contributed by atoms with Crippen molar-refractivity contribution in [2.75, 3.05) is 0 Å². The topological polar surface area (TPSA) is 56.7 Å². The summed E-state index contributed by atoms with van der Waals surface area (Å²) >= 11 is 1.59. The Morgan fingerprint density at radius 2 is 1.87 bits per heavy atom. The van der Waals surface area contributed by atoms with E-state index in [2.05, 4.69) is 15.2 Å². The van der Waals surface area contributed by atoms with E-state index in [0.717, 1.165) is 27.5 Å². The largest absolute Gasteiger partial charge is 0.333 e. The molecule has 0 saturated heterocycles. The van der Waals surface area contributed by atoms with Crippen molar-refractivity contribution in [3.63, 3.8) is 0 Å². The molecule has 0 unspecified atom stereocenters. The summed E-state index contributed by atoms with van der Waals surface area (Å²) in [5, 5.41) is 10.7. The second-order valence-corrected chi connectivity index (χ2v) is 6.14. The van der Waals surface area contributed by atoms with Crippen LogP contribution in [0.15, 0.2) is 52.4 Å². The molecule has 6 heteroatoms. The Labute approximate surface area is 137 Å². The van der Waals surface area contributed by atoms with E-state index in [1.165, 1.54) is 0 Å². The molecule has 0 spiro atoms. The van der Waals surface area contributed by atoms with E-state index in [9.17, 15) is 0 Å². The third-order valence-electron chi connectivity index (χ3n) is 3.67. The van der Waals surface area contributed by atoms with E-state index < -0.39 is 0 Å². The summed E-state index contributed by atoms with van der Waals surface area (Å²) in [6.45, 7) is 3.97. The van der Waals surface area contributed by atoms with E-state index in [-0.39, 0.29) is 0 Å². The lowest BCUT2D eigenvalue weighted by Crippen LogP contribution is -1.98. The maximum absolute atomic E-state index is 5.48. The van der Waals surface area contributed by atoms with Crippen molar-refractivity contribution < 1.29 is 4.52 Å². The van der Waals surface area contributed by atoms with Gasteiger partial charge in [0.1, 0.15) is 0 Å². The summed E-state index contributed by atoms with van der Waals surface area (Å²) in [7, 11) is 0. The third kappa shape index (κ3) is 2.37. The monoisotopic (exact) mass is 322 g/mol. The van der Waals surface area contributed by atoms with Crippen LogP contribution in [0, 0.1) is 13.8 Å². The summed E-state index contributed by atoms with van der Waals surface area (Å²) in [6, 6.07) is 14.0. The molecule has 0 aliphatic heterocycles. The fraction of sp³-hybridized carbons (Fsp3) is 0.118. The molecular formula is C17H14N4OS. The zero-order valence-electron chi connectivity index (χ0n) is 12.7. The van der Waals surface area contributed by atoms with Gasteiger partial charge in [0.2, 0.25) is 5.82 Å². The fourth-order valence-electron chi connectivity index (χ4n) is 2.60. The predicted octanol–water partition coefficient (Wildman–Crippen LogP) is 4.27. The Balaban J connectivity index is 1.80. The predicted molar refractivity (Wildman–Crippen MR) is 89.6 cm³/mol. The number of thiophene rings is 1. The standard InChI is InChI=1S/C17H14N4OS/c1-11-15(12(2)21(19-11)13-7-4-3-5-8-13)17-18-16(20-22-17)14-9-6-10-23-14/h3-10H,1-2H3. The van der Waals surface area contributed by atoms with Crippen molar-refractivity contribution in [2.45, 2.75) is 13.8 Å². The lowest BCUT2D eigenvalue weighted by Gasteiger charge is -2.03. The first-order valence-electron chi connectivity index (χ1n) is 7.23. The SMILES string of the molecule is Cc1nn(-c2ccccc2)c(C)c1-c1nc(-c2cccs2)no1. The van der Waals surface area contributed by atoms with Crippen molar-refractivity contribution in [1.82, 2.24) is 19.9 Å². The number of hydrogen-bond acceptors (Lipinski definition) is 5. The van der Waals surface area contributed by atoms with E-state index in [4.69, 9.17) is 4.52 Å². The van der Waals surface area contributed by atoms with Gasteiger partial charge in [-0.05, 0) is 37.4 Å². The maximum Gasteiger partial charge on any atom is 0.262 e. The molecule has 4 rings (SSSR count). The number of para-hydroxylation sites is 1. The summed E-state index contributed by atoms with van der Waals surface area (Å²) < 4.78 is 7.38. The molecule has 3 aromatic heterocycles. The lowest BCUT2D eigenvalue weighted by molar-refractivity contribution is 0.432. The minimum atomic E-state index is 0.505. The van der Waals surface area contributed by atoms with Gasteiger partial charge in [0.25, 0.3) is 5.89 Å². The van der Waals surface area contributed by atoms with E-state index in [1.807, 2.05) is 66.4 Å². The van der Waals surface area contributed by atoms with Gasteiger partial charge in [-0.1, -0.05) is 29.4 Å². The minimum Gasteiger partial charge on any atom is -0.333 e. The van der Waals surface area contributed by atoms with Gasteiger partial charge in [0.05, 0.1) is 27.5 Å². The highest BCUT2D eigenvalue weighted by Gasteiger charge is 2.20. The van der Waals surface area contributed by atoms with E-state index in [0.29, 0.717) is 11.7 Å². The Bertz CT molecular complexity index is 939. The van der Waals surface area contributed by atoms with Gasteiger partial charge in [-0.3, -0.25) is 0 Å². The molecule has 0 atom stereocenters. The third-order valence-corrected chi connectivity index (χ3v) is 4.54. The molecule has 0 saturated carbocycles. The van der Waals surface area contributed by atoms with Crippen LogP contribution in [0.4, 0.5) is 0 Å². The van der Waals surface area contributed by atoms with Crippen LogP contribution in [0.2, 0.25) is 0 Å². The second kappa shape index (κ2) is 5.48. The number of hydrogen-bond donors (Lipinski definition) is 0. The number of benzene rings is 1. The maximum atomic E-state index is 5.48. The molecule has 0 aliphatic rings. The normalized spacial score (nSPS) is 11.0. The van der Waals surface area contributed by atoms with Gasteiger partial charge >= 0.3 is 0 Å². The van der Waals surface area contributed by atoms with Crippen molar-refractivity contribution >= 4 is 11.3 Å². The van der Waals surface area contributed by atoms with Crippen molar-refractivity contribution in [1.29, 1.82) is 0 Å². The number of rotatable bonds is 3. The number of nitrogens with zero attached hydrogens (tertiary/aromatic N) is 4. The molecule has 0 aliphatic carbocycles. The molecule has 114 valence electrons. The van der Waals surface area contributed by atoms with Gasteiger partial charge in [0.15, 0.2) is 0 Å². The van der Waals surface area contributed by atoms with Crippen molar-refractivity contribution in [3.8, 4) is 27.8 Å². The summed E-state index contributed by atoms with van der Waals surface area (Å²) in [5.74, 6) is 1.12. The molecule has 0 N–H and O–H groups in total. The fourth-order valence-corrected chi connectivity index (χ4v) is 3.25. The highest BCUT2D eigenvalue weighted by molar-refractivity contribution is 7.13. The minimum absolute atomic E-state index is 0.505. The Hall–Kier alpha value is -2.73. The molecule has 3 heterocycles. The highest BCUT2D eigenvalue weighted by atomic mass is 32.1. The first kappa shape index (κ1) is 13.9. The van der Waals surface area contributed by atoms with Gasteiger partial charge in [-0.15, -0.1) is 11.3 Å². The zero-order valence-corrected chi connectivity index (χ0v) is 13.5. The summed E-state index contributed by atoms with van der Waals surface area (Å²) in [5.41, 5.74) is 3.75.